The number of carbonyl (C=O) groups is 1. The molecule has 0 aliphatic heterocycles. The highest BCUT2D eigenvalue weighted by Gasteiger charge is 2.32. The minimum absolute atomic E-state index is 0.216. The van der Waals surface area contributed by atoms with Gasteiger partial charge < -0.3 is 15.2 Å². The zero-order valence-corrected chi connectivity index (χ0v) is 20.6. The Balaban J connectivity index is 1.83. The molecule has 194 valence electrons. The molecule has 0 aliphatic carbocycles. The molecule has 0 unspecified atom stereocenters. The van der Waals surface area contributed by atoms with Crippen molar-refractivity contribution in [2.24, 2.45) is 0 Å². The number of alkyl halides is 6. The Morgan fingerprint density at radius 3 is 2.33 bits per heavy atom. The third kappa shape index (κ3) is 7.51. The highest BCUT2D eigenvalue weighted by atomic mass is 79.9. The van der Waals surface area contributed by atoms with Crippen LogP contribution in [0.5, 0.6) is 11.5 Å². The molecule has 1 heterocycles. The Labute approximate surface area is 211 Å². The molecule has 0 saturated carbocycles. The number of amides is 1. The highest BCUT2D eigenvalue weighted by molar-refractivity contribution is 9.11. The predicted molar refractivity (Wildman–Crippen MR) is 122 cm³/mol. The molecular weight excluding hydrogens is 606 g/mol. The number of benzene rings is 2. The lowest BCUT2D eigenvalue weighted by Gasteiger charge is -2.13. The second-order valence-electron chi connectivity index (χ2n) is 7.02. The average Bonchev–Trinajstić information content (AvgIpc) is 3.07. The van der Waals surface area contributed by atoms with Gasteiger partial charge in [-0.25, -0.2) is 8.42 Å². The summed E-state index contributed by atoms with van der Waals surface area (Å²) < 4.78 is 107. The summed E-state index contributed by atoms with van der Waals surface area (Å²) in [6.45, 7) is 0. The van der Waals surface area contributed by atoms with Crippen LogP contribution in [0.2, 0.25) is 0 Å². The van der Waals surface area contributed by atoms with E-state index in [-0.39, 0.29) is 21.8 Å². The number of hydrogen-bond donors (Lipinski definition) is 3. The molecule has 3 aromatic rings. The number of anilines is 2. The van der Waals surface area contributed by atoms with Crippen molar-refractivity contribution >= 4 is 54.6 Å². The van der Waals surface area contributed by atoms with Crippen LogP contribution in [-0.2, 0) is 16.4 Å². The van der Waals surface area contributed by atoms with Crippen molar-refractivity contribution in [1.82, 2.24) is 0 Å². The number of nitrogens with one attached hydrogen (secondary N) is 2. The fourth-order valence-electron chi connectivity index (χ4n) is 2.85. The van der Waals surface area contributed by atoms with Crippen molar-refractivity contribution in [3.63, 3.8) is 0 Å². The van der Waals surface area contributed by atoms with E-state index in [2.05, 4.69) is 30.7 Å². The van der Waals surface area contributed by atoms with Crippen LogP contribution >= 0.6 is 27.3 Å². The van der Waals surface area contributed by atoms with Gasteiger partial charge in [-0.3, -0.25) is 9.52 Å². The first-order valence-corrected chi connectivity index (χ1v) is 12.5. The first-order valence-electron chi connectivity index (χ1n) is 9.40. The van der Waals surface area contributed by atoms with E-state index in [1.165, 1.54) is 6.07 Å². The Hall–Kier alpha value is -2.98. The van der Waals surface area contributed by atoms with Gasteiger partial charge in [-0.2, -0.15) is 13.2 Å². The van der Waals surface area contributed by atoms with Gasteiger partial charge in [0.05, 0.1) is 26.5 Å². The zero-order valence-electron chi connectivity index (χ0n) is 17.4. The maximum Gasteiger partial charge on any atom is 0.573 e. The van der Waals surface area contributed by atoms with Gasteiger partial charge in [0.2, 0.25) is 0 Å². The van der Waals surface area contributed by atoms with E-state index in [0.717, 1.165) is 47.7 Å². The molecule has 0 fully saturated rings. The third-order valence-electron chi connectivity index (χ3n) is 4.22. The number of thiophene rings is 1. The van der Waals surface area contributed by atoms with Gasteiger partial charge in [0, 0.05) is 6.07 Å². The summed E-state index contributed by atoms with van der Waals surface area (Å²) in [5.74, 6) is -2.35. The van der Waals surface area contributed by atoms with Crippen LogP contribution in [0.4, 0.5) is 37.7 Å². The summed E-state index contributed by atoms with van der Waals surface area (Å²) >= 11 is 3.88. The second kappa shape index (κ2) is 10.2. The lowest BCUT2D eigenvalue weighted by atomic mass is 10.1. The maximum absolute atomic E-state index is 12.8. The number of phenolic OH excluding ortho intramolecular Hbond substituents is 1. The molecule has 3 N–H and O–H groups in total. The normalized spacial score (nSPS) is 12.3. The van der Waals surface area contributed by atoms with Gasteiger partial charge in [-0.1, -0.05) is 12.1 Å². The summed E-state index contributed by atoms with van der Waals surface area (Å²) in [7, 11) is -4.49. The first-order chi connectivity index (χ1) is 16.5. The van der Waals surface area contributed by atoms with Gasteiger partial charge in [-0.15, -0.1) is 24.5 Å². The quantitative estimate of drug-likeness (QED) is 0.214. The van der Waals surface area contributed by atoms with Crippen LogP contribution in [-0.4, -0.2) is 32.0 Å². The molecular formula is C20H13BrF6N2O5S2. The molecule has 16 heteroatoms. The molecule has 7 nitrogen and oxygen atoms in total. The van der Waals surface area contributed by atoms with Gasteiger partial charge >= 0.3 is 12.5 Å². The number of aromatic hydroxyl groups is 1. The van der Waals surface area contributed by atoms with Crippen LogP contribution < -0.4 is 14.8 Å². The molecule has 0 radical (unpaired) electrons. The number of rotatable bonds is 7. The molecule has 3 rings (SSSR count). The van der Waals surface area contributed by atoms with Gasteiger partial charge in [-0.05, 0) is 51.8 Å². The summed E-state index contributed by atoms with van der Waals surface area (Å²) in [5.41, 5.74) is -0.733. The van der Waals surface area contributed by atoms with E-state index in [9.17, 15) is 44.7 Å². The van der Waals surface area contributed by atoms with Crippen molar-refractivity contribution < 1.29 is 49.4 Å². The Morgan fingerprint density at radius 1 is 1.03 bits per heavy atom. The maximum atomic E-state index is 12.8. The molecule has 1 aromatic heterocycles. The topological polar surface area (TPSA) is 105 Å². The van der Waals surface area contributed by atoms with Crippen LogP contribution in [0.3, 0.4) is 0 Å². The number of carbonyl (C=O) groups excluding carboxylic acids is 1. The largest absolute Gasteiger partial charge is 0.573 e. The average molecular weight is 619 g/mol. The van der Waals surface area contributed by atoms with E-state index < -0.39 is 51.3 Å². The van der Waals surface area contributed by atoms with Gasteiger partial charge in [0.15, 0.2) is 0 Å². The number of sulfonamides is 1. The highest BCUT2D eigenvalue weighted by Crippen LogP contribution is 2.35. The van der Waals surface area contributed by atoms with E-state index in [4.69, 9.17) is 0 Å². The van der Waals surface area contributed by atoms with Crippen LogP contribution in [0.25, 0.3) is 0 Å². The van der Waals surface area contributed by atoms with Crippen molar-refractivity contribution in [2.45, 2.75) is 23.9 Å². The SMILES string of the molecule is O=C(Nc1ccc(CC(F)(F)F)cc1O)c1sc(Br)cc1NS(=O)(=O)c1cccc(OC(F)(F)F)c1. The minimum atomic E-state index is -5.05. The predicted octanol–water partition coefficient (Wildman–Crippen LogP) is 6.27. The van der Waals surface area contributed by atoms with Crippen LogP contribution in [0.1, 0.15) is 15.2 Å². The summed E-state index contributed by atoms with van der Waals surface area (Å²) in [6.07, 6.45) is -10.9. The third-order valence-corrected chi connectivity index (χ3v) is 7.22. The van der Waals surface area contributed by atoms with Gasteiger partial charge in [0.25, 0.3) is 15.9 Å². The number of phenols is 1. The molecule has 36 heavy (non-hydrogen) atoms. The minimum Gasteiger partial charge on any atom is -0.506 e. The standard InChI is InChI=1S/C20H13BrF6N2O5S2/c21-16-8-14(29-36(32,33)12-3-1-2-11(7-12)34-20(25,26)27)17(35-16)18(31)28-13-5-4-10(6-15(13)30)9-19(22,23)24/h1-8,29-30H,9H2,(H,28,31). The van der Waals surface area contributed by atoms with E-state index in [1.54, 1.807) is 0 Å². The van der Waals surface area contributed by atoms with Crippen molar-refractivity contribution in [1.29, 1.82) is 0 Å². The molecule has 2 aromatic carbocycles. The van der Waals surface area contributed by atoms with Crippen LogP contribution in [0.15, 0.2) is 57.2 Å². The van der Waals surface area contributed by atoms with Crippen molar-refractivity contribution in [2.75, 3.05) is 10.0 Å². The smallest absolute Gasteiger partial charge is 0.506 e. The molecule has 0 saturated heterocycles. The Morgan fingerprint density at radius 2 is 1.72 bits per heavy atom. The molecule has 1 amide bonds. The monoisotopic (exact) mass is 618 g/mol. The fourth-order valence-corrected chi connectivity index (χ4v) is 5.46. The zero-order chi connectivity index (χ0) is 26.9. The summed E-state index contributed by atoms with van der Waals surface area (Å²) in [4.78, 5) is 12.0. The van der Waals surface area contributed by atoms with E-state index >= 15 is 0 Å². The number of halogens is 7. The van der Waals surface area contributed by atoms with E-state index in [0.29, 0.717) is 9.85 Å². The summed E-state index contributed by atoms with van der Waals surface area (Å²) in [6, 6.07) is 7.72. The summed E-state index contributed by atoms with van der Waals surface area (Å²) in [5, 5.41) is 12.3. The van der Waals surface area contributed by atoms with Crippen LogP contribution in [0, 0.1) is 0 Å². The van der Waals surface area contributed by atoms with Crippen molar-refractivity contribution in [3.05, 3.63) is 62.8 Å². The first kappa shape index (κ1) is 27.6. The van der Waals surface area contributed by atoms with Crippen molar-refractivity contribution in [3.8, 4) is 11.5 Å². The molecule has 0 bridgehead atoms. The number of hydrogen-bond acceptors (Lipinski definition) is 6. The lowest BCUT2D eigenvalue weighted by Crippen LogP contribution is -2.19. The lowest BCUT2D eigenvalue weighted by molar-refractivity contribution is -0.274. The second-order valence-corrected chi connectivity index (χ2v) is 11.1. The Kier molecular flexibility index (Phi) is 7.80. The Bertz CT molecular complexity index is 1390. The molecule has 0 spiro atoms. The number of ether oxygens (including phenoxy) is 1. The fraction of sp³-hybridized carbons (Fsp3) is 0.150. The van der Waals surface area contributed by atoms with Gasteiger partial charge in [0.1, 0.15) is 16.4 Å². The molecule has 0 atom stereocenters. The van der Waals surface area contributed by atoms with E-state index in [1.807, 2.05) is 0 Å². The molecule has 0 aliphatic rings.